The Hall–Kier alpha value is -3.15. The lowest BCUT2D eigenvalue weighted by Crippen LogP contribution is -2.15. The van der Waals surface area contributed by atoms with Crippen LogP contribution in [0.15, 0.2) is 61.2 Å². The highest BCUT2D eigenvalue weighted by molar-refractivity contribution is 6.08. The van der Waals surface area contributed by atoms with Gasteiger partial charge in [0.1, 0.15) is 12.7 Å². The van der Waals surface area contributed by atoms with Crippen LogP contribution in [0.1, 0.15) is 10.4 Å². The van der Waals surface area contributed by atoms with Gasteiger partial charge in [0, 0.05) is 5.69 Å². The molecule has 0 spiro atoms. The fourth-order valence-corrected chi connectivity index (χ4v) is 2.01. The highest BCUT2D eigenvalue weighted by Crippen LogP contribution is 2.20. The van der Waals surface area contributed by atoms with Gasteiger partial charge in [-0.25, -0.2) is 9.67 Å². The number of nitrogens with zero attached hydrogens (tertiary/aromatic N) is 3. The van der Waals surface area contributed by atoms with Crippen LogP contribution in [0, 0.1) is 0 Å². The highest BCUT2D eigenvalue weighted by Gasteiger charge is 2.12. The molecule has 0 atom stereocenters. The number of nitrogen functional groups attached to an aromatic ring is 1. The van der Waals surface area contributed by atoms with E-state index in [1.807, 2.05) is 18.2 Å². The molecule has 1 heterocycles. The molecule has 3 N–H and O–H groups in total. The van der Waals surface area contributed by atoms with E-state index < -0.39 is 0 Å². The number of hydrogen-bond donors (Lipinski definition) is 2. The number of nitrogens with two attached hydrogens (primary N) is 1. The number of amides is 1. The summed E-state index contributed by atoms with van der Waals surface area (Å²) in [5.41, 5.74) is 8.06. The van der Waals surface area contributed by atoms with Crippen LogP contribution in [0.25, 0.3) is 5.69 Å². The van der Waals surface area contributed by atoms with Crippen molar-refractivity contribution in [1.82, 2.24) is 14.8 Å². The molecule has 104 valence electrons. The molecule has 0 bridgehead atoms. The average Bonchev–Trinajstić information content (AvgIpc) is 3.02. The molecule has 0 aliphatic rings. The second-order valence-electron chi connectivity index (χ2n) is 4.40. The van der Waals surface area contributed by atoms with Gasteiger partial charge in [0.25, 0.3) is 5.91 Å². The van der Waals surface area contributed by atoms with Crippen LogP contribution >= 0.6 is 0 Å². The van der Waals surface area contributed by atoms with Gasteiger partial charge >= 0.3 is 0 Å². The van der Waals surface area contributed by atoms with Crippen LogP contribution in [0.2, 0.25) is 0 Å². The lowest BCUT2D eigenvalue weighted by Gasteiger charge is -2.11. The minimum atomic E-state index is -0.263. The van der Waals surface area contributed by atoms with Crippen LogP contribution in [-0.2, 0) is 0 Å². The Morgan fingerprint density at radius 1 is 1.10 bits per heavy atom. The fraction of sp³-hybridized carbons (Fsp3) is 0. The number of nitrogens with one attached hydrogen (secondary N) is 1. The van der Waals surface area contributed by atoms with Crippen molar-refractivity contribution in [1.29, 1.82) is 0 Å². The number of para-hydroxylation sites is 3. The van der Waals surface area contributed by atoms with Crippen molar-refractivity contribution < 1.29 is 4.79 Å². The van der Waals surface area contributed by atoms with E-state index in [0.29, 0.717) is 16.9 Å². The molecule has 3 aromatic rings. The summed E-state index contributed by atoms with van der Waals surface area (Å²) in [6.07, 6.45) is 3.01. The first-order valence-corrected chi connectivity index (χ1v) is 6.35. The maximum absolute atomic E-state index is 12.3. The lowest BCUT2D eigenvalue weighted by atomic mass is 10.1. The van der Waals surface area contributed by atoms with E-state index in [9.17, 15) is 4.79 Å². The summed E-state index contributed by atoms with van der Waals surface area (Å²) in [4.78, 5) is 16.2. The molecule has 0 aliphatic heterocycles. The first-order valence-electron chi connectivity index (χ1n) is 6.35. The zero-order valence-corrected chi connectivity index (χ0v) is 11.1. The largest absolute Gasteiger partial charge is 0.398 e. The summed E-state index contributed by atoms with van der Waals surface area (Å²) in [6.45, 7) is 0. The monoisotopic (exact) mass is 279 g/mol. The molecule has 0 radical (unpaired) electrons. The second-order valence-corrected chi connectivity index (χ2v) is 4.40. The molecule has 0 saturated carbocycles. The average molecular weight is 279 g/mol. The maximum atomic E-state index is 12.3. The van der Waals surface area contributed by atoms with E-state index in [-0.39, 0.29) is 5.91 Å². The van der Waals surface area contributed by atoms with Gasteiger partial charge in [-0.05, 0) is 24.3 Å². The zero-order chi connectivity index (χ0) is 14.7. The molecule has 0 saturated heterocycles. The third kappa shape index (κ3) is 2.59. The van der Waals surface area contributed by atoms with Crippen molar-refractivity contribution >= 4 is 17.3 Å². The van der Waals surface area contributed by atoms with Gasteiger partial charge in [-0.1, -0.05) is 24.3 Å². The van der Waals surface area contributed by atoms with Gasteiger partial charge in [0.15, 0.2) is 0 Å². The fourth-order valence-electron chi connectivity index (χ4n) is 2.01. The summed E-state index contributed by atoms with van der Waals surface area (Å²) in [5, 5.41) is 6.92. The Labute approximate surface area is 121 Å². The summed E-state index contributed by atoms with van der Waals surface area (Å²) in [6, 6.07) is 14.3. The number of hydrogen-bond acceptors (Lipinski definition) is 4. The Bertz CT molecular complexity index is 767. The number of anilines is 2. The molecule has 0 unspecified atom stereocenters. The Morgan fingerprint density at radius 2 is 1.86 bits per heavy atom. The summed E-state index contributed by atoms with van der Waals surface area (Å²) in [5.74, 6) is -0.263. The van der Waals surface area contributed by atoms with Gasteiger partial charge in [0.05, 0.1) is 16.9 Å². The molecule has 0 aliphatic carbocycles. The van der Waals surface area contributed by atoms with E-state index >= 15 is 0 Å². The minimum absolute atomic E-state index is 0.263. The normalized spacial score (nSPS) is 10.3. The number of benzene rings is 2. The van der Waals surface area contributed by atoms with Crippen molar-refractivity contribution in [3.63, 3.8) is 0 Å². The molecule has 6 nitrogen and oxygen atoms in total. The molecular weight excluding hydrogens is 266 g/mol. The topological polar surface area (TPSA) is 85.8 Å². The smallest absolute Gasteiger partial charge is 0.257 e. The quantitative estimate of drug-likeness (QED) is 0.719. The molecule has 1 aromatic heterocycles. The van der Waals surface area contributed by atoms with E-state index in [1.54, 1.807) is 41.3 Å². The van der Waals surface area contributed by atoms with Gasteiger partial charge in [-0.3, -0.25) is 4.79 Å². The third-order valence-electron chi connectivity index (χ3n) is 3.02. The van der Waals surface area contributed by atoms with Gasteiger partial charge in [0.2, 0.25) is 0 Å². The van der Waals surface area contributed by atoms with E-state index in [0.717, 1.165) is 5.69 Å². The predicted molar refractivity (Wildman–Crippen MR) is 80.2 cm³/mol. The van der Waals surface area contributed by atoms with Crippen LogP contribution in [0.4, 0.5) is 11.4 Å². The molecule has 21 heavy (non-hydrogen) atoms. The summed E-state index contributed by atoms with van der Waals surface area (Å²) < 4.78 is 1.59. The third-order valence-corrected chi connectivity index (χ3v) is 3.02. The molecule has 0 fully saturated rings. The Kier molecular flexibility index (Phi) is 3.34. The molecule has 3 rings (SSSR count). The maximum Gasteiger partial charge on any atom is 0.257 e. The lowest BCUT2D eigenvalue weighted by molar-refractivity contribution is 0.102. The molecular formula is C15H13N5O. The SMILES string of the molecule is Nc1ccccc1C(=O)Nc1ccccc1-n1cncn1. The standard InChI is InChI=1S/C15H13N5O/c16-12-6-2-1-5-11(12)15(21)19-13-7-3-4-8-14(13)20-10-17-9-18-20/h1-10H,16H2,(H,19,21). The number of rotatable bonds is 3. The Balaban J connectivity index is 1.93. The number of carbonyl (C=O) groups excluding carboxylic acids is 1. The second kappa shape index (κ2) is 5.46. The van der Waals surface area contributed by atoms with E-state index in [1.165, 1.54) is 6.33 Å². The Morgan fingerprint density at radius 3 is 2.62 bits per heavy atom. The first kappa shape index (κ1) is 12.9. The zero-order valence-electron chi connectivity index (χ0n) is 11.1. The van der Waals surface area contributed by atoms with Crippen LogP contribution in [0.3, 0.4) is 0 Å². The van der Waals surface area contributed by atoms with Crippen LogP contribution < -0.4 is 11.1 Å². The highest BCUT2D eigenvalue weighted by atomic mass is 16.1. The van der Waals surface area contributed by atoms with Crippen molar-refractivity contribution in [2.75, 3.05) is 11.1 Å². The molecule has 2 aromatic carbocycles. The van der Waals surface area contributed by atoms with Crippen molar-refractivity contribution in [2.24, 2.45) is 0 Å². The van der Waals surface area contributed by atoms with Gasteiger partial charge in [-0.2, -0.15) is 5.10 Å². The number of carbonyl (C=O) groups is 1. The van der Waals surface area contributed by atoms with Gasteiger partial charge < -0.3 is 11.1 Å². The number of aromatic nitrogens is 3. The van der Waals surface area contributed by atoms with Crippen molar-refractivity contribution in [2.45, 2.75) is 0 Å². The predicted octanol–water partition coefficient (Wildman–Crippen LogP) is 2.10. The van der Waals surface area contributed by atoms with Crippen LogP contribution in [-0.4, -0.2) is 20.7 Å². The van der Waals surface area contributed by atoms with Crippen LogP contribution in [0.5, 0.6) is 0 Å². The molecule has 1 amide bonds. The first-order chi connectivity index (χ1) is 10.3. The van der Waals surface area contributed by atoms with Gasteiger partial charge in [-0.15, -0.1) is 0 Å². The summed E-state index contributed by atoms with van der Waals surface area (Å²) >= 11 is 0. The van der Waals surface area contributed by atoms with Crippen molar-refractivity contribution in [3.8, 4) is 5.69 Å². The van der Waals surface area contributed by atoms with Crippen molar-refractivity contribution in [3.05, 3.63) is 66.7 Å². The van der Waals surface area contributed by atoms with E-state index in [4.69, 9.17) is 5.73 Å². The molecule has 6 heteroatoms. The van der Waals surface area contributed by atoms with E-state index in [2.05, 4.69) is 15.4 Å². The minimum Gasteiger partial charge on any atom is -0.398 e. The summed E-state index contributed by atoms with van der Waals surface area (Å²) in [7, 11) is 0.